The summed E-state index contributed by atoms with van der Waals surface area (Å²) in [6, 6.07) is 14.0. The highest BCUT2D eigenvalue weighted by molar-refractivity contribution is 7.93. The quantitative estimate of drug-likeness (QED) is 0.667. The lowest BCUT2D eigenvalue weighted by Gasteiger charge is -2.31. The molecule has 0 saturated carbocycles. The molecule has 1 heterocycles. The zero-order valence-corrected chi connectivity index (χ0v) is 16.0. The molecule has 1 aliphatic heterocycles. The molecule has 28 heavy (non-hydrogen) atoms. The third-order valence-electron chi connectivity index (χ3n) is 4.40. The SMILES string of the molecule is O=S(=O)(c1ccccc1OC(F)F)N(CCN1CCOCC1)c1ccccc1. The molecule has 9 heteroatoms. The Bertz CT molecular complexity index is 859. The highest BCUT2D eigenvalue weighted by atomic mass is 32.2. The Labute approximate surface area is 163 Å². The molecule has 3 rings (SSSR count). The lowest BCUT2D eigenvalue weighted by Crippen LogP contribution is -2.43. The summed E-state index contributed by atoms with van der Waals surface area (Å²) in [5.74, 6) is -0.371. The molecule has 0 bridgehead atoms. The number of anilines is 1. The van der Waals surface area contributed by atoms with Crippen LogP contribution in [0.2, 0.25) is 0 Å². The third kappa shape index (κ3) is 4.98. The molecule has 1 aliphatic rings. The van der Waals surface area contributed by atoms with E-state index in [0.29, 0.717) is 38.5 Å². The van der Waals surface area contributed by atoms with Gasteiger partial charge in [-0.3, -0.25) is 9.21 Å². The summed E-state index contributed by atoms with van der Waals surface area (Å²) in [6.07, 6.45) is 0. The summed E-state index contributed by atoms with van der Waals surface area (Å²) >= 11 is 0. The first kappa shape index (κ1) is 20.5. The van der Waals surface area contributed by atoms with Crippen molar-refractivity contribution < 1.29 is 26.7 Å². The number of nitrogens with zero attached hydrogens (tertiary/aromatic N) is 2. The van der Waals surface area contributed by atoms with Gasteiger partial charge >= 0.3 is 6.61 Å². The average molecular weight is 412 g/mol. The molecular weight excluding hydrogens is 390 g/mol. The number of halogens is 2. The maximum Gasteiger partial charge on any atom is 0.387 e. The van der Waals surface area contributed by atoms with E-state index in [1.807, 2.05) is 0 Å². The van der Waals surface area contributed by atoms with Gasteiger partial charge in [0.15, 0.2) is 0 Å². The largest absolute Gasteiger partial charge is 0.433 e. The fourth-order valence-corrected chi connectivity index (χ4v) is 4.59. The van der Waals surface area contributed by atoms with Crippen molar-refractivity contribution in [3.05, 3.63) is 54.6 Å². The molecule has 0 atom stereocenters. The van der Waals surface area contributed by atoms with Crippen LogP contribution in [0.25, 0.3) is 0 Å². The molecule has 1 saturated heterocycles. The van der Waals surface area contributed by atoms with Gasteiger partial charge in [-0.1, -0.05) is 30.3 Å². The highest BCUT2D eigenvalue weighted by Gasteiger charge is 2.29. The van der Waals surface area contributed by atoms with E-state index in [9.17, 15) is 17.2 Å². The average Bonchev–Trinajstić information content (AvgIpc) is 2.69. The van der Waals surface area contributed by atoms with Crippen molar-refractivity contribution in [3.8, 4) is 5.75 Å². The molecule has 0 N–H and O–H groups in total. The summed E-state index contributed by atoms with van der Waals surface area (Å²) in [5, 5.41) is 0. The monoisotopic (exact) mass is 412 g/mol. The summed E-state index contributed by atoms with van der Waals surface area (Å²) in [6.45, 7) is 0.188. The van der Waals surface area contributed by atoms with E-state index in [-0.39, 0.29) is 17.2 Å². The molecule has 1 fully saturated rings. The van der Waals surface area contributed by atoms with Gasteiger partial charge < -0.3 is 9.47 Å². The Morgan fingerprint density at radius 3 is 2.36 bits per heavy atom. The summed E-state index contributed by atoms with van der Waals surface area (Å²) < 4.78 is 63.2. The zero-order chi connectivity index (χ0) is 20.0. The van der Waals surface area contributed by atoms with Crippen LogP contribution in [0.4, 0.5) is 14.5 Å². The van der Waals surface area contributed by atoms with Gasteiger partial charge in [0.25, 0.3) is 10.0 Å². The fourth-order valence-electron chi connectivity index (χ4n) is 3.01. The van der Waals surface area contributed by atoms with Crippen LogP contribution in [0, 0.1) is 0 Å². The van der Waals surface area contributed by atoms with E-state index in [1.165, 1.54) is 28.6 Å². The minimum Gasteiger partial charge on any atom is -0.433 e. The topological polar surface area (TPSA) is 59.1 Å². The van der Waals surface area contributed by atoms with Crippen molar-refractivity contribution >= 4 is 15.7 Å². The van der Waals surface area contributed by atoms with Gasteiger partial charge in [-0.05, 0) is 24.3 Å². The molecule has 2 aromatic carbocycles. The molecule has 6 nitrogen and oxygen atoms in total. The van der Waals surface area contributed by atoms with E-state index in [0.717, 1.165) is 0 Å². The fraction of sp³-hybridized carbons (Fsp3) is 0.368. The minimum absolute atomic E-state index is 0.176. The normalized spacial score (nSPS) is 15.5. The van der Waals surface area contributed by atoms with Crippen LogP contribution in [-0.4, -0.2) is 59.3 Å². The van der Waals surface area contributed by atoms with Crippen molar-refractivity contribution in [2.24, 2.45) is 0 Å². The van der Waals surface area contributed by atoms with Crippen LogP contribution in [0.15, 0.2) is 59.5 Å². The van der Waals surface area contributed by atoms with Gasteiger partial charge in [-0.2, -0.15) is 8.78 Å². The number of para-hydroxylation sites is 2. The number of sulfonamides is 1. The van der Waals surface area contributed by atoms with Crippen LogP contribution in [-0.2, 0) is 14.8 Å². The van der Waals surface area contributed by atoms with Crippen LogP contribution in [0.1, 0.15) is 0 Å². The Kier molecular flexibility index (Phi) is 6.82. The number of hydrogen-bond acceptors (Lipinski definition) is 5. The number of hydrogen-bond donors (Lipinski definition) is 0. The Balaban J connectivity index is 1.92. The number of rotatable bonds is 8. The van der Waals surface area contributed by atoms with Gasteiger partial charge in [-0.15, -0.1) is 0 Å². The first-order valence-electron chi connectivity index (χ1n) is 8.90. The highest BCUT2D eigenvalue weighted by Crippen LogP contribution is 2.30. The number of morpholine rings is 1. The van der Waals surface area contributed by atoms with Crippen molar-refractivity contribution in [1.82, 2.24) is 4.90 Å². The maximum absolute atomic E-state index is 13.4. The number of ether oxygens (including phenoxy) is 2. The van der Waals surface area contributed by atoms with Crippen LogP contribution in [0.5, 0.6) is 5.75 Å². The second kappa shape index (κ2) is 9.31. The van der Waals surface area contributed by atoms with Gasteiger partial charge in [0, 0.05) is 26.2 Å². The Hall–Kier alpha value is -2.23. The molecule has 152 valence electrons. The summed E-state index contributed by atoms with van der Waals surface area (Å²) in [4.78, 5) is 1.82. The molecule has 0 amide bonds. The maximum atomic E-state index is 13.4. The molecule has 0 spiro atoms. The smallest absolute Gasteiger partial charge is 0.387 e. The third-order valence-corrected chi connectivity index (χ3v) is 6.27. The van der Waals surface area contributed by atoms with E-state index in [2.05, 4.69) is 9.64 Å². The zero-order valence-electron chi connectivity index (χ0n) is 15.2. The van der Waals surface area contributed by atoms with Crippen LogP contribution in [0.3, 0.4) is 0 Å². The van der Waals surface area contributed by atoms with Crippen LogP contribution < -0.4 is 9.04 Å². The van der Waals surface area contributed by atoms with Crippen molar-refractivity contribution in [1.29, 1.82) is 0 Å². The number of benzene rings is 2. The molecule has 0 aromatic heterocycles. The lowest BCUT2D eigenvalue weighted by atomic mass is 10.3. The first-order valence-corrected chi connectivity index (χ1v) is 10.3. The van der Waals surface area contributed by atoms with Crippen molar-refractivity contribution in [3.63, 3.8) is 0 Å². The number of alkyl halides is 2. The Morgan fingerprint density at radius 2 is 1.68 bits per heavy atom. The van der Waals surface area contributed by atoms with E-state index in [1.54, 1.807) is 30.3 Å². The van der Waals surface area contributed by atoms with Crippen molar-refractivity contribution in [2.75, 3.05) is 43.7 Å². The van der Waals surface area contributed by atoms with Gasteiger partial charge in [0.2, 0.25) is 0 Å². The second-order valence-electron chi connectivity index (χ2n) is 6.19. The van der Waals surface area contributed by atoms with Gasteiger partial charge in [0.05, 0.1) is 18.9 Å². The van der Waals surface area contributed by atoms with E-state index < -0.39 is 16.6 Å². The molecular formula is C19H22F2N2O4S. The lowest BCUT2D eigenvalue weighted by molar-refractivity contribution is -0.0517. The van der Waals surface area contributed by atoms with E-state index in [4.69, 9.17) is 4.74 Å². The molecule has 0 unspecified atom stereocenters. The van der Waals surface area contributed by atoms with Gasteiger partial charge in [-0.25, -0.2) is 8.42 Å². The van der Waals surface area contributed by atoms with E-state index >= 15 is 0 Å². The predicted octanol–water partition coefficient (Wildman–Crippen LogP) is 2.82. The molecule has 2 aromatic rings. The standard InChI is InChI=1S/C19H22F2N2O4S/c20-19(21)27-17-8-4-5-9-18(17)28(24,25)23(16-6-2-1-3-7-16)11-10-22-12-14-26-15-13-22/h1-9,19H,10-15H2. The van der Waals surface area contributed by atoms with Gasteiger partial charge in [0.1, 0.15) is 10.6 Å². The second-order valence-corrected chi connectivity index (χ2v) is 8.02. The van der Waals surface area contributed by atoms with Crippen molar-refractivity contribution in [2.45, 2.75) is 11.5 Å². The first-order chi connectivity index (χ1) is 13.5. The summed E-state index contributed by atoms with van der Waals surface area (Å²) in [7, 11) is -4.11. The Morgan fingerprint density at radius 1 is 1.04 bits per heavy atom. The predicted molar refractivity (Wildman–Crippen MR) is 101 cm³/mol. The molecule has 0 radical (unpaired) electrons. The molecule has 0 aliphatic carbocycles. The van der Waals surface area contributed by atoms with Crippen LogP contribution >= 0.6 is 0 Å². The summed E-state index contributed by atoms with van der Waals surface area (Å²) in [5.41, 5.74) is 0.461. The minimum atomic E-state index is -4.11.